The quantitative estimate of drug-likeness (QED) is 0.274. The van der Waals surface area contributed by atoms with E-state index in [1.165, 1.54) is 9.80 Å². The van der Waals surface area contributed by atoms with E-state index in [1.54, 1.807) is 48.5 Å². The maximum absolute atomic E-state index is 13.4. The molecule has 2 heterocycles. The van der Waals surface area contributed by atoms with Gasteiger partial charge in [-0.15, -0.1) is 0 Å². The van der Waals surface area contributed by atoms with Crippen molar-refractivity contribution in [3.05, 3.63) is 65.7 Å². The van der Waals surface area contributed by atoms with Gasteiger partial charge >= 0.3 is 5.97 Å². The Labute approximate surface area is 212 Å². The Hall–Kier alpha value is -3.45. The van der Waals surface area contributed by atoms with Gasteiger partial charge in [0, 0.05) is 19.0 Å². The fourth-order valence-corrected chi connectivity index (χ4v) is 7.10. The van der Waals surface area contributed by atoms with E-state index < -0.39 is 11.9 Å². The normalized spacial score (nSPS) is 33.7. The Bertz CT molecular complexity index is 1340. The fraction of sp³-hybridized carbons (Fsp3) is 0.357. The first-order valence-electron chi connectivity index (χ1n) is 12.3. The first kappa shape index (κ1) is 21.8. The first-order valence-corrected chi connectivity index (χ1v) is 12.7. The molecular weight excluding hydrogens is 480 g/mol. The number of carbonyl (C=O) groups is 4. The van der Waals surface area contributed by atoms with Gasteiger partial charge in [0.05, 0.1) is 34.2 Å². The molecule has 4 fully saturated rings. The summed E-state index contributed by atoms with van der Waals surface area (Å²) in [7, 11) is 0. The van der Waals surface area contributed by atoms with Crippen LogP contribution in [0.25, 0.3) is 0 Å². The smallest absolute Gasteiger partial charge is 0.316 e. The molecule has 2 aliphatic heterocycles. The van der Waals surface area contributed by atoms with E-state index in [2.05, 4.69) is 12.2 Å². The number of rotatable bonds is 4. The Morgan fingerprint density at radius 1 is 0.917 bits per heavy atom. The minimum absolute atomic E-state index is 0.0221. The molecule has 4 aliphatic carbocycles. The van der Waals surface area contributed by atoms with Crippen molar-refractivity contribution in [1.29, 1.82) is 0 Å². The van der Waals surface area contributed by atoms with E-state index in [0.717, 1.165) is 6.42 Å². The molecule has 36 heavy (non-hydrogen) atoms. The lowest BCUT2D eigenvalue weighted by Gasteiger charge is -2.37. The lowest BCUT2D eigenvalue weighted by molar-refractivity contribution is -0.139. The molecule has 0 unspecified atom stereocenters. The Kier molecular flexibility index (Phi) is 4.71. The van der Waals surface area contributed by atoms with Gasteiger partial charge in [-0.1, -0.05) is 42.0 Å². The molecule has 2 saturated heterocycles. The highest BCUT2D eigenvalue weighted by atomic mass is 35.5. The predicted octanol–water partition coefficient (Wildman–Crippen LogP) is 3.86. The lowest BCUT2D eigenvalue weighted by atomic mass is 9.63. The van der Waals surface area contributed by atoms with Crippen molar-refractivity contribution >= 4 is 46.7 Å². The largest absolute Gasteiger partial charge is 0.426 e. The van der Waals surface area contributed by atoms with Crippen LogP contribution in [-0.2, 0) is 19.2 Å². The summed E-state index contributed by atoms with van der Waals surface area (Å²) in [4.78, 5) is 55.1. The van der Waals surface area contributed by atoms with Crippen LogP contribution in [-0.4, -0.2) is 30.2 Å². The van der Waals surface area contributed by atoms with Crippen LogP contribution in [0.5, 0.6) is 5.75 Å². The number of esters is 1. The van der Waals surface area contributed by atoms with Gasteiger partial charge in [-0.05, 0) is 54.4 Å². The van der Waals surface area contributed by atoms with Gasteiger partial charge in [-0.3, -0.25) is 19.2 Å². The standard InChI is InChI=1S/C28H23ClN2O5/c29-21-6-1-2-7-22(21)30-13-14(10-23(30)32)28(35)36-16-5-3-4-15(11-16)31-26(33)24-17-8-9-18(20-12-19(17)20)25(24)27(31)34/h1-9,11,14,17-20,24-25H,10,12-13H2/t14-,17+,18+,19-,20+,24-,25-/m1/s1. The zero-order valence-corrected chi connectivity index (χ0v) is 20.0. The zero-order chi connectivity index (χ0) is 24.7. The van der Waals surface area contributed by atoms with Crippen LogP contribution in [0.2, 0.25) is 5.02 Å². The van der Waals surface area contributed by atoms with Gasteiger partial charge in [-0.2, -0.15) is 0 Å². The summed E-state index contributed by atoms with van der Waals surface area (Å²) < 4.78 is 5.62. The number of anilines is 2. The Morgan fingerprint density at radius 2 is 1.61 bits per heavy atom. The molecular formula is C28H23ClN2O5. The fourth-order valence-electron chi connectivity index (χ4n) is 6.87. The van der Waals surface area contributed by atoms with Crippen molar-refractivity contribution < 1.29 is 23.9 Å². The average molecular weight is 503 g/mol. The van der Waals surface area contributed by atoms with Crippen molar-refractivity contribution in [2.45, 2.75) is 12.8 Å². The molecule has 2 saturated carbocycles. The van der Waals surface area contributed by atoms with Crippen LogP contribution in [0.4, 0.5) is 11.4 Å². The molecule has 0 aromatic heterocycles. The van der Waals surface area contributed by atoms with Gasteiger partial charge in [0.2, 0.25) is 17.7 Å². The summed E-state index contributed by atoms with van der Waals surface area (Å²) in [5.41, 5.74) is 0.980. The van der Waals surface area contributed by atoms with E-state index >= 15 is 0 Å². The minimum atomic E-state index is -0.649. The highest BCUT2D eigenvalue weighted by molar-refractivity contribution is 6.34. The van der Waals surface area contributed by atoms with Crippen molar-refractivity contribution in [1.82, 2.24) is 0 Å². The van der Waals surface area contributed by atoms with Gasteiger partial charge in [0.15, 0.2) is 0 Å². The molecule has 0 N–H and O–H groups in total. The SMILES string of the molecule is O=C(Oc1cccc(N2C(=O)[C@@H]3[C@H]4C=C[C@@H]([C@@H]5C[C@H]45)[C@H]3C2=O)c1)[C@@H]1CC(=O)N(c2ccccc2Cl)C1. The number of para-hydroxylation sites is 1. The molecule has 182 valence electrons. The van der Waals surface area contributed by atoms with Gasteiger partial charge in [0.25, 0.3) is 0 Å². The number of benzene rings is 2. The third-order valence-corrected chi connectivity index (χ3v) is 8.88. The number of amides is 3. The second-order valence-electron chi connectivity index (χ2n) is 10.4. The van der Waals surface area contributed by atoms with Gasteiger partial charge in [0.1, 0.15) is 5.75 Å². The Morgan fingerprint density at radius 3 is 2.31 bits per heavy atom. The summed E-state index contributed by atoms with van der Waals surface area (Å²) in [6.07, 6.45) is 5.41. The molecule has 2 aromatic rings. The number of allylic oxidation sites excluding steroid dienone is 2. The summed E-state index contributed by atoms with van der Waals surface area (Å²) in [5, 5.41) is 0.439. The maximum Gasteiger partial charge on any atom is 0.316 e. The molecule has 2 aromatic carbocycles. The number of hydrogen-bond donors (Lipinski definition) is 0. The van der Waals surface area contributed by atoms with Crippen LogP contribution in [0, 0.1) is 41.4 Å². The van der Waals surface area contributed by atoms with Crippen molar-refractivity contribution in [3.63, 3.8) is 0 Å². The van der Waals surface area contributed by atoms with Crippen LogP contribution in [0.1, 0.15) is 12.8 Å². The summed E-state index contributed by atoms with van der Waals surface area (Å²) >= 11 is 6.23. The number of hydrogen-bond acceptors (Lipinski definition) is 5. The average Bonchev–Trinajstić information content (AvgIpc) is 3.55. The molecule has 0 spiro atoms. The highest BCUT2D eigenvalue weighted by Gasteiger charge is 2.67. The third kappa shape index (κ3) is 3.11. The summed E-state index contributed by atoms with van der Waals surface area (Å²) in [5.74, 6) is -0.683. The number of carbonyl (C=O) groups excluding carboxylic acids is 4. The number of nitrogens with zero attached hydrogens (tertiary/aromatic N) is 2. The summed E-state index contributed by atoms with van der Waals surface area (Å²) in [6, 6.07) is 13.5. The van der Waals surface area contributed by atoms with E-state index in [1.807, 2.05) is 0 Å². The third-order valence-electron chi connectivity index (χ3n) is 8.56. The summed E-state index contributed by atoms with van der Waals surface area (Å²) in [6.45, 7) is 0.172. The molecule has 3 amide bonds. The van der Waals surface area contributed by atoms with E-state index in [-0.39, 0.29) is 60.1 Å². The molecule has 6 aliphatic rings. The maximum atomic E-state index is 13.4. The van der Waals surface area contributed by atoms with E-state index in [0.29, 0.717) is 28.2 Å². The second kappa shape index (κ2) is 7.77. The number of halogens is 1. The molecule has 2 bridgehead atoms. The van der Waals surface area contributed by atoms with Crippen LogP contribution < -0.4 is 14.5 Å². The molecule has 7 nitrogen and oxygen atoms in total. The van der Waals surface area contributed by atoms with Crippen molar-refractivity contribution in [3.8, 4) is 5.75 Å². The lowest BCUT2D eigenvalue weighted by Crippen LogP contribution is -2.40. The Balaban J connectivity index is 1.08. The van der Waals surface area contributed by atoms with Crippen LogP contribution in [0.15, 0.2) is 60.7 Å². The van der Waals surface area contributed by atoms with Crippen LogP contribution in [0.3, 0.4) is 0 Å². The van der Waals surface area contributed by atoms with Crippen molar-refractivity contribution in [2.75, 3.05) is 16.3 Å². The predicted molar refractivity (Wildman–Crippen MR) is 131 cm³/mol. The zero-order valence-electron chi connectivity index (χ0n) is 19.2. The van der Waals surface area contributed by atoms with Gasteiger partial charge < -0.3 is 9.64 Å². The van der Waals surface area contributed by atoms with Crippen LogP contribution >= 0.6 is 11.6 Å². The molecule has 7 atom stereocenters. The molecule has 8 rings (SSSR count). The van der Waals surface area contributed by atoms with E-state index in [9.17, 15) is 19.2 Å². The highest BCUT2D eigenvalue weighted by Crippen LogP contribution is 2.65. The van der Waals surface area contributed by atoms with Gasteiger partial charge in [-0.25, -0.2) is 4.90 Å². The minimum Gasteiger partial charge on any atom is -0.426 e. The topological polar surface area (TPSA) is 84.0 Å². The molecule has 8 heteroatoms. The molecule has 0 radical (unpaired) electrons. The first-order chi connectivity index (χ1) is 17.4. The van der Waals surface area contributed by atoms with Crippen molar-refractivity contribution in [2.24, 2.45) is 41.4 Å². The number of ether oxygens (including phenoxy) is 1. The second-order valence-corrected chi connectivity index (χ2v) is 10.8. The monoisotopic (exact) mass is 502 g/mol. The number of imide groups is 1. The van der Waals surface area contributed by atoms with E-state index in [4.69, 9.17) is 16.3 Å².